The van der Waals surface area contributed by atoms with Crippen LogP contribution >= 0.6 is 47.3 Å². The fraction of sp³-hybridized carbons (Fsp3) is 0.333. The average molecular weight is 639 g/mol. The molecule has 0 bridgehead atoms. The Morgan fingerprint density at radius 3 is 2.88 bits per heavy atom. The maximum absolute atomic E-state index is 13.2. The molecule has 0 saturated carbocycles. The van der Waals surface area contributed by atoms with Crippen LogP contribution in [0.5, 0.6) is 0 Å². The number of fused-ring (bicyclic) bond motifs is 2. The van der Waals surface area contributed by atoms with Gasteiger partial charge in [-0.1, -0.05) is 16.9 Å². The number of aliphatic carboxylic acids is 1. The number of carbonyl (C=O) groups excluding carboxylic acids is 3. The molecule has 2 aliphatic rings. The van der Waals surface area contributed by atoms with E-state index < -0.39 is 29.2 Å². The number of oxime groups is 1. The van der Waals surface area contributed by atoms with E-state index in [2.05, 4.69) is 15.5 Å². The molecule has 17 heteroatoms. The van der Waals surface area contributed by atoms with Crippen LogP contribution in [0, 0.1) is 0 Å². The molecular weight excluding hydrogens is 612 g/mol. The van der Waals surface area contributed by atoms with Gasteiger partial charge in [0.15, 0.2) is 15.9 Å². The number of nitrogens with one attached hydrogen (secondary N) is 1. The molecular formula is C24H27ClN8O5S3. The summed E-state index contributed by atoms with van der Waals surface area (Å²) in [4.78, 5) is 48.8. The molecule has 0 aromatic carbocycles. The SMILES string of the molecule is CCO/N=C(\C(=O)N[C@@H]1C(=O)N2C(C(=O)[O-])=C(C[n+]3ccn4c(SCCN)cccc43)CS[C@@H]12)c1csc(N)n1.Cl. The number of nitrogens with zero attached hydrogens (tertiary/aromatic N) is 5. The number of hydrogen-bond acceptors (Lipinski definition) is 12. The van der Waals surface area contributed by atoms with Gasteiger partial charge in [-0.25, -0.2) is 9.55 Å². The lowest BCUT2D eigenvalue weighted by molar-refractivity contribution is -0.662. The summed E-state index contributed by atoms with van der Waals surface area (Å²) in [6.45, 7) is 2.73. The third-order valence-corrected chi connectivity index (χ3v) is 9.26. The van der Waals surface area contributed by atoms with Gasteiger partial charge in [0, 0.05) is 35.1 Å². The molecule has 218 valence electrons. The minimum Gasteiger partial charge on any atom is -0.543 e. The lowest BCUT2D eigenvalue weighted by atomic mass is 10.0. The lowest BCUT2D eigenvalue weighted by Gasteiger charge is -2.50. The molecule has 5 heterocycles. The largest absolute Gasteiger partial charge is 0.543 e. The topological polar surface area (TPSA) is 184 Å². The highest BCUT2D eigenvalue weighted by Crippen LogP contribution is 2.40. The molecule has 13 nitrogen and oxygen atoms in total. The van der Waals surface area contributed by atoms with Gasteiger partial charge in [-0.2, -0.15) is 4.40 Å². The van der Waals surface area contributed by atoms with Crippen LogP contribution in [0.2, 0.25) is 0 Å². The Morgan fingerprint density at radius 1 is 1.39 bits per heavy atom. The minimum absolute atomic E-state index is 0. The first-order valence-corrected chi connectivity index (χ1v) is 15.2. The van der Waals surface area contributed by atoms with Crippen LogP contribution in [-0.4, -0.2) is 73.9 Å². The second kappa shape index (κ2) is 13.1. The zero-order valence-electron chi connectivity index (χ0n) is 21.7. The second-order valence-corrected chi connectivity index (χ2v) is 11.8. The molecule has 0 spiro atoms. The van der Waals surface area contributed by atoms with E-state index in [0.29, 0.717) is 17.9 Å². The fourth-order valence-electron chi connectivity index (χ4n) is 4.45. The van der Waals surface area contributed by atoms with Crippen LogP contribution in [0.3, 0.4) is 0 Å². The number of aromatic nitrogens is 3. The number of rotatable bonds is 11. The summed E-state index contributed by atoms with van der Waals surface area (Å²) >= 11 is 4.13. The average Bonchev–Trinajstić information content (AvgIpc) is 3.56. The van der Waals surface area contributed by atoms with Gasteiger partial charge in [-0.3, -0.25) is 14.5 Å². The van der Waals surface area contributed by atoms with Crippen molar-refractivity contribution in [2.75, 3.05) is 30.4 Å². The number of nitrogen functional groups attached to an aromatic ring is 1. The maximum atomic E-state index is 13.2. The maximum Gasteiger partial charge on any atom is 0.287 e. The fourth-order valence-corrected chi connectivity index (χ4v) is 7.13. The van der Waals surface area contributed by atoms with Crippen molar-refractivity contribution in [3.8, 4) is 0 Å². The van der Waals surface area contributed by atoms with Crippen molar-refractivity contribution in [2.24, 2.45) is 10.9 Å². The standard InChI is InChI=1S/C24H26N8O5S3.ClH/c1-2-37-29-17(14-12-40-24(26)27-14)20(33)28-18-21(34)32-19(23(35)36)13(11-39-22(18)32)10-30-7-8-31-15(30)4-3-5-16(31)38-9-6-25;/h3-5,7-8,12,18,22H,2,6,9-11,25H2,1H3,(H3-,26,27,28,33,35,36);1H/b29-17-;/t18-,22+;/m1./s1. The number of thiazole rings is 1. The van der Waals surface area contributed by atoms with E-state index in [-0.39, 0.29) is 47.8 Å². The Kier molecular flexibility index (Phi) is 9.80. The first kappa shape index (κ1) is 30.6. The third kappa shape index (κ3) is 6.01. The Hall–Kier alpha value is -3.31. The summed E-state index contributed by atoms with van der Waals surface area (Å²) in [5, 5.41) is 21.0. The summed E-state index contributed by atoms with van der Waals surface area (Å²) in [5.41, 5.74) is 12.7. The Bertz CT molecular complexity index is 1540. The van der Waals surface area contributed by atoms with Crippen LogP contribution in [0.25, 0.3) is 5.65 Å². The Labute approximate surface area is 253 Å². The molecule has 5 N–H and O–H groups in total. The van der Waals surface area contributed by atoms with Crippen molar-refractivity contribution >= 4 is 81.5 Å². The Morgan fingerprint density at radius 2 is 2.20 bits per heavy atom. The predicted molar refractivity (Wildman–Crippen MR) is 156 cm³/mol. The number of carboxylic acids is 1. The zero-order valence-corrected chi connectivity index (χ0v) is 25.0. The first-order chi connectivity index (χ1) is 19.3. The summed E-state index contributed by atoms with van der Waals surface area (Å²) in [6.07, 6.45) is 3.77. The molecule has 2 aliphatic heterocycles. The van der Waals surface area contributed by atoms with Crippen molar-refractivity contribution in [3.05, 3.63) is 52.9 Å². The van der Waals surface area contributed by atoms with Crippen LogP contribution in [-0.2, 0) is 25.8 Å². The van der Waals surface area contributed by atoms with Gasteiger partial charge >= 0.3 is 0 Å². The molecule has 5 rings (SSSR count). The van der Waals surface area contributed by atoms with Gasteiger partial charge in [0.05, 0.1) is 11.7 Å². The molecule has 2 amide bonds. The van der Waals surface area contributed by atoms with E-state index >= 15 is 0 Å². The van der Waals surface area contributed by atoms with Gasteiger partial charge in [0.25, 0.3) is 17.5 Å². The van der Waals surface area contributed by atoms with Gasteiger partial charge < -0.3 is 31.5 Å². The summed E-state index contributed by atoms with van der Waals surface area (Å²) in [7, 11) is 0. The number of hydrogen-bond donors (Lipinski definition) is 3. The van der Waals surface area contributed by atoms with Gasteiger partial charge in [-0.05, 0) is 19.1 Å². The molecule has 1 fully saturated rings. The van der Waals surface area contributed by atoms with E-state index in [0.717, 1.165) is 27.8 Å². The highest BCUT2D eigenvalue weighted by atomic mass is 35.5. The van der Waals surface area contributed by atoms with Crippen LogP contribution in [0.15, 0.2) is 57.4 Å². The van der Waals surface area contributed by atoms with Gasteiger partial charge in [-0.15, -0.1) is 35.5 Å². The van der Waals surface area contributed by atoms with Crippen molar-refractivity contribution in [1.82, 2.24) is 19.6 Å². The number of carboxylic acid groups (broad SMARTS) is 1. The quantitative estimate of drug-likeness (QED) is 0.0819. The number of nitrogens with two attached hydrogens (primary N) is 2. The normalized spacial score (nSPS) is 18.5. The minimum atomic E-state index is -1.45. The van der Waals surface area contributed by atoms with E-state index in [4.69, 9.17) is 16.3 Å². The smallest absolute Gasteiger partial charge is 0.287 e. The van der Waals surface area contributed by atoms with Crippen molar-refractivity contribution in [3.63, 3.8) is 0 Å². The van der Waals surface area contributed by atoms with E-state index in [9.17, 15) is 19.5 Å². The van der Waals surface area contributed by atoms with Gasteiger partial charge in [0.2, 0.25) is 0 Å². The molecule has 3 aromatic rings. The number of pyridine rings is 1. The number of imidazole rings is 1. The van der Waals surface area contributed by atoms with Crippen molar-refractivity contribution in [1.29, 1.82) is 0 Å². The molecule has 0 radical (unpaired) electrons. The number of amides is 2. The molecule has 0 unspecified atom stereocenters. The zero-order chi connectivity index (χ0) is 28.4. The number of carbonyl (C=O) groups is 3. The van der Waals surface area contributed by atoms with Crippen molar-refractivity contribution in [2.45, 2.75) is 29.9 Å². The summed E-state index contributed by atoms with van der Waals surface area (Å²) in [5.74, 6) is -1.58. The third-order valence-electron chi connectivity index (χ3n) is 6.18. The number of anilines is 1. The summed E-state index contributed by atoms with van der Waals surface area (Å²) < 4.78 is 3.93. The van der Waals surface area contributed by atoms with Crippen LogP contribution < -0.4 is 26.5 Å². The molecule has 0 aliphatic carbocycles. The molecule has 2 atom stereocenters. The molecule has 3 aromatic heterocycles. The molecule has 1 saturated heterocycles. The lowest BCUT2D eigenvalue weighted by Crippen LogP contribution is -2.71. The monoisotopic (exact) mass is 638 g/mol. The van der Waals surface area contributed by atoms with Gasteiger partial charge in [0.1, 0.15) is 42.7 Å². The van der Waals surface area contributed by atoms with Crippen LogP contribution in [0.4, 0.5) is 5.13 Å². The first-order valence-electron chi connectivity index (χ1n) is 12.3. The Balaban J connectivity index is 0.00000387. The number of β-lactam (4-membered cyclic amide) rings is 1. The second-order valence-electron chi connectivity index (χ2n) is 8.68. The van der Waals surface area contributed by atoms with E-state index in [1.807, 2.05) is 39.6 Å². The number of halogens is 1. The summed E-state index contributed by atoms with van der Waals surface area (Å²) in [6, 6.07) is 4.90. The number of thioether (sulfide) groups is 2. The molecule has 41 heavy (non-hydrogen) atoms. The van der Waals surface area contributed by atoms with E-state index in [1.54, 1.807) is 24.1 Å². The van der Waals surface area contributed by atoms with Crippen molar-refractivity contribution < 1.29 is 28.9 Å². The highest BCUT2D eigenvalue weighted by molar-refractivity contribution is 8.00. The van der Waals surface area contributed by atoms with Crippen LogP contribution in [0.1, 0.15) is 12.6 Å². The van der Waals surface area contributed by atoms with E-state index in [1.165, 1.54) is 16.7 Å². The predicted octanol–water partition coefficient (Wildman–Crippen LogP) is -0.417. The highest BCUT2D eigenvalue weighted by Gasteiger charge is 2.53.